The van der Waals surface area contributed by atoms with Gasteiger partial charge in [0.2, 0.25) is 0 Å². The van der Waals surface area contributed by atoms with Crippen LogP contribution in [0.4, 0.5) is 5.69 Å². The van der Waals surface area contributed by atoms with Crippen LogP contribution in [0.15, 0.2) is 42.5 Å². The zero-order valence-corrected chi connectivity index (χ0v) is 16.8. The molecule has 0 fully saturated rings. The van der Waals surface area contributed by atoms with Crippen molar-refractivity contribution in [1.82, 2.24) is 10.2 Å². The molecule has 0 saturated heterocycles. The highest BCUT2D eigenvalue weighted by atomic mass is 16.6. The Bertz CT molecular complexity index is 1080. The lowest BCUT2D eigenvalue weighted by Gasteiger charge is -2.16. The van der Waals surface area contributed by atoms with E-state index in [-0.39, 0.29) is 17.7 Å². The minimum absolute atomic E-state index is 0.157. The second-order valence-corrected chi connectivity index (χ2v) is 6.99. The van der Waals surface area contributed by atoms with Crippen LogP contribution in [0.5, 0.6) is 0 Å². The minimum atomic E-state index is -1.16. The summed E-state index contributed by atoms with van der Waals surface area (Å²) < 4.78 is 5.02. The van der Waals surface area contributed by atoms with Gasteiger partial charge in [-0.05, 0) is 25.5 Å². The lowest BCUT2D eigenvalue weighted by atomic mass is 10.1. The summed E-state index contributed by atoms with van der Waals surface area (Å²) in [7, 11) is 0. The smallest absolute Gasteiger partial charge is 0.326 e. The average molecular weight is 425 g/mol. The molecule has 1 N–H and O–H groups in total. The molecule has 0 radical (unpaired) electrons. The molecule has 0 aromatic heterocycles. The van der Waals surface area contributed by atoms with Crippen LogP contribution in [0.25, 0.3) is 0 Å². The molecule has 1 heterocycles. The third-order valence-electron chi connectivity index (χ3n) is 4.73. The lowest BCUT2D eigenvalue weighted by molar-refractivity contribution is -0.385. The summed E-state index contributed by atoms with van der Waals surface area (Å²) in [5, 5.41) is 13.8. The van der Waals surface area contributed by atoms with E-state index in [1.807, 2.05) is 31.2 Å². The van der Waals surface area contributed by atoms with Crippen LogP contribution in [0.1, 0.15) is 38.8 Å². The maximum absolute atomic E-state index is 12.5. The summed E-state index contributed by atoms with van der Waals surface area (Å²) in [5.74, 6) is -3.33. The Kier molecular flexibility index (Phi) is 6.10. The Morgan fingerprint density at radius 1 is 1.13 bits per heavy atom. The van der Waals surface area contributed by atoms with Crippen molar-refractivity contribution >= 4 is 29.4 Å². The Balaban J connectivity index is 1.59. The van der Waals surface area contributed by atoms with Gasteiger partial charge in [-0.3, -0.25) is 34.2 Å². The summed E-state index contributed by atoms with van der Waals surface area (Å²) in [5.41, 5.74) is 0.904. The first-order valence-electron chi connectivity index (χ1n) is 9.35. The number of carbonyl (C=O) groups is 4. The molecule has 160 valence electrons. The molecule has 0 bridgehead atoms. The van der Waals surface area contributed by atoms with Gasteiger partial charge in [0.1, 0.15) is 12.1 Å². The predicted molar refractivity (Wildman–Crippen MR) is 107 cm³/mol. The Morgan fingerprint density at radius 2 is 1.81 bits per heavy atom. The van der Waals surface area contributed by atoms with E-state index in [0.717, 1.165) is 17.2 Å². The van der Waals surface area contributed by atoms with E-state index < -0.39 is 47.0 Å². The first-order valence-corrected chi connectivity index (χ1v) is 9.35. The van der Waals surface area contributed by atoms with Gasteiger partial charge in [0, 0.05) is 12.6 Å². The van der Waals surface area contributed by atoms with E-state index in [1.54, 1.807) is 0 Å². The van der Waals surface area contributed by atoms with Crippen molar-refractivity contribution in [3.8, 4) is 0 Å². The molecule has 10 heteroatoms. The largest absolute Gasteiger partial charge is 0.451 e. The number of carbonyl (C=O) groups excluding carboxylic acids is 4. The monoisotopic (exact) mass is 425 g/mol. The summed E-state index contributed by atoms with van der Waals surface area (Å²) >= 11 is 0. The zero-order chi connectivity index (χ0) is 22.7. The molecule has 3 rings (SSSR count). The molecule has 2 aromatic rings. The molecule has 1 aliphatic heterocycles. The number of nitrogens with one attached hydrogen (secondary N) is 1. The van der Waals surface area contributed by atoms with Gasteiger partial charge in [-0.15, -0.1) is 0 Å². The molecular weight excluding hydrogens is 406 g/mol. The second kappa shape index (κ2) is 8.74. The molecule has 31 heavy (non-hydrogen) atoms. The number of benzene rings is 2. The van der Waals surface area contributed by atoms with Crippen LogP contribution in [-0.4, -0.2) is 46.2 Å². The number of rotatable bonds is 7. The number of amides is 3. The Labute approximate surface area is 176 Å². The summed E-state index contributed by atoms with van der Waals surface area (Å²) in [4.78, 5) is 60.2. The molecule has 3 amide bonds. The topological polar surface area (TPSA) is 136 Å². The maximum Gasteiger partial charge on any atom is 0.326 e. The third-order valence-corrected chi connectivity index (χ3v) is 4.73. The van der Waals surface area contributed by atoms with Crippen molar-refractivity contribution in [2.24, 2.45) is 0 Å². The number of fused-ring (bicyclic) bond motifs is 1. The van der Waals surface area contributed by atoms with Crippen molar-refractivity contribution in [1.29, 1.82) is 0 Å². The molecular formula is C21H19N3O7. The van der Waals surface area contributed by atoms with Gasteiger partial charge in [0.25, 0.3) is 23.4 Å². The van der Waals surface area contributed by atoms with Crippen LogP contribution >= 0.6 is 0 Å². The summed E-state index contributed by atoms with van der Waals surface area (Å²) in [6, 6.07) is 11.2. The number of hydrogen-bond acceptors (Lipinski definition) is 7. The number of aryl methyl sites for hydroxylation is 1. The van der Waals surface area contributed by atoms with Crippen LogP contribution in [0, 0.1) is 17.0 Å². The number of hydrogen-bond donors (Lipinski definition) is 1. The van der Waals surface area contributed by atoms with Gasteiger partial charge in [-0.25, -0.2) is 0 Å². The molecule has 0 spiro atoms. The van der Waals surface area contributed by atoms with E-state index in [0.29, 0.717) is 4.90 Å². The van der Waals surface area contributed by atoms with E-state index in [9.17, 15) is 29.3 Å². The van der Waals surface area contributed by atoms with E-state index in [4.69, 9.17) is 4.74 Å². The number of nitro benzene ring substituents is 1. The Hall–Kier alpha value is -4.08. The maximum atomic E-state index is 12.5. The quantitative estimate of drug-likeness (QED) is 0.309. The molecule has 10 nitrogen and oxygen atoms in total. The van der Waals surface area contributed by atoms with Gasteiger partial charge < -0.3 is 10.1 Å². The number of nitro groups is 1. The fourth-order valence-corrected chi connectivity index (χ4v) is 3.07. The van der Waals surface area contributed by atoms with Crippen LogP contribution in [0.2, 0.25) is 0 Å². The van der Waals surface area contributed by atoms with Crippen molar-refractivity contribution in [3.05, 3.63) is 74.8 Å². The van der Waals surface area contributed by atoms with Gasteiger partial charge >= 0.3 is 5.97 Å². The fraction of sp³-hybridized carbons (Fsp3) is 0.238. The Morgan fingerprint density at radius 3 is 2.45 bits per heavy atom. The fourth-order valence-electron chi connectivity index (χ4n) is 3.07. The summed E-state index contributed by atoms with van der Waals surface area (Å²) in [6.07, 6.45) is -1.16. The molecule has 2 aromatic carbocycles. The van der Waals surface area contributed by atoms with E-state index >= 15 is 0 Å². The number of ether oxygens (including phenoxy) is 1. The van der Waals surface area contributed by atoms with E-state index in [2.05, 4.69) is 5.32 Å². The number of nitrogens with zero attached hydrogens (tertiary/aromatic N) is 2. The second-order valence-electron chi connectivity index (χ2n) is 6.99. The van der Waals surface area contributed by atoms with Gasteiger partial charge in [-0.1, -0.05) is 35.9 Å². The molecule has 0 saturated carbocycles. The van der Waals surface area contributed by atoms with Crippen molar-refractivity contribution in [2.75, 3.05) is 6.54 Å². The predicted octanol–water partition coefficient (Wildman–Crippen LogP) is 1.75. The van der Waals surface area contributed by atoms with Crippen molar-refractivity contribution in [2.45, 2.75) is 26.5 Å². The normalized spacial score (nSPS) is 13.5. The highest BCUT2D eigenvalue weighted by Gasteiger charge is 2.42. The van der Waals surface area contributed by atoms with Gasteiger partial charge in [0.15, 0.2) is 6.10 Å². The molecule has 1 unspecified atom stereocenters. The average Bonchev–Trinajstić information content (AvgIpc) is 2.97. The van der Waals surface area contributed by atoms with Gasteiger partial charge in [-0.2, -0.15) is 0 Å². The SMILES string of the molecule is Cc1ccc(CNC(=O)C(C)OC(=O)CN2C(=O)c3cccc([N+](=O)[O-])c3C2=O)cc1. The van der Waals surface area contributed by atoms with Gasteiger partial charge in [0.05, 0.1) is 10.5 Å². The lowest BCUT2D eigenvalue weighted by Crippen LogP contribution is -2.40. The highest BCUT2D eigenvalue weighted by Crippen LogP contribution is 2.30. The number of esters is 1. The van der Waals surface area contributed by atoms with Crippen LogP contribution in [-0.2, 0) is 20.9 Å². The first-order chi connectivity index (χ1) is 14.7. The molecule has 0 aliphatic carbocycles. The van der Waals surface area contributed by atoms with E-state index in [1.165, 1.54) is 19.1 Å². The van der Waals surface area contributed by atoms with Crippen LogP contribution < -0.4 is 5.32 Å². The molecule has 1 aliphatic rings. The first kappa shape index (κ1) is 21.6. The molecule has 1 atom stereocenters. The third kappa shape index (κ3) is 4.58. The minimum Gasteiger partial charge on any atom is -0.451 e. The highest BCUT2D eigenvalue weighted by molar-refractivity contribution is 6.24. The van der Waals surface area contributed by atoms with Crippen molar-refractivity contribution in [3.63, 3.8) is 0 Å². The summed E-state index contributed by atoms with van der Waals surface area (Å²) in [6.45, 7) is 2.77. The van der Waals surface area contributed by atoms with Crippen molar-refractivity contribution < 1.29 is 28.8 Å². The number of imide groups is 1. The van der Waals surface area contributed by atoms with Crippen LogP contribution in [0.3, 0.4) is 0 Å². The zero-order valence-electron chi connectivity index (χ0n) is 16.8. The standard InChI is InChI=1S/C21H19N3O7/c1-12-6-8-14(9-7-12)10-22-19(26)13(2)31-17(25)11-23-20(27)15-4-3-5-16(24(29)30)18(15)21(23)28/h3-9,13H,10-11H2,1-2H3,(H,22,26).